The first-order valence-corrected chi connectivity index (χ1v) is 7.84. The van der Waals surface area contributed by atoms with Crippen molar-refractivity contribution in [1.82, 2.24) is 5.32 Å². The molecule has 0 radical (unpaired) electrons. The highest BCUT2D eigenvalue weighted by Crippen LogP contribution is 2.37. The summed E-state index contributed by atoms with van der Waals surface area (Å²) in [6, 6.07) is 6.74. The predicted octanol–water partition coefficient (Wildman–Crippen LogP) is 3.57. The molecule has 2 fully saturated rings. The lowest BCUT2D eigenvalue weighted by Crippen LogP contribution is -2.32. The number of rotatable bonds is 5. The van der Waals surface area contributed by atoms with Crippen molar-refractivity contribution in [2.24, 2.45) is 5.92 Å². The molecule has 3 rings (SSSR count). The van der Waals surface area contributed by atoms with E-state index >= 15 is 0 Å². The highest BCUT2D eigenvalue weighted by Gasteiger charge is 2.30. The van der Waals surface area contributed by atoms with E-state index in [9.17, 15) is 0 Å². The molecule has 4 heteroatoms. The molecule has 1 heterocycles. The number of benzene rings is 1. The average molecular weight is 296 g/mol. The van der Waals surface area contributed by atoms with Crippen molar-refractivity contribution < 1.29 is 9.47 Å². The smallest absolute Gasteiger partial charge is 0.137 e. The van der Waals surface area contributed by atoms with Crippen molar-refractivity contribution in [3.63, 3.8) is 0 Å². The second kappa shape index (κ2) is 6.33. The van der Waals surface area contributed by atoms with E-state index in [1.807, 2.05) is 12.1 Å². The van der Waals surface area contributed by atoms with Crippen LogP contribution >= 0.6 is 11.6 Å². The van der Waals surface area contributed by atoms with Gasteiger partial charge in [0.15, 0.2) is 0 Å². The summed E-state index contributed by atoms with van der Waals surface area (Å²) in [5.41, 5.74) is 1.16. The number of hydrogen-bond donors (Lipinski definition) is 1. The molecule has 1 aliphatic carbocycles. The third-order valence-corrected chi connectivity index (χ3v) is 4.49. The molecule has 20 heavy (non-hydrogen) atoms. The first-order valence-electron chi connectivity index (χ1n) is 7.46. The summed E-state index contributed by atoms with van der Waals surface area (Å²) >= 11 is 6.24. The van der Waals surface area contributed by atoms with Crippen LogP contribution < -0.4 is 10.1 Å². The highest BCUT2D eigenvalue weighted by molar-refractivity contribution is 6.32. The molecule has 2 aliphatic rings. The molecule has 0 aromatic heterocycles. The molecule has 3 nitrogen and oxygen atoms in total. The summed E-state index contributed by atoms with van der Waals surface area (Å²) in [4.78, 5) is 0. The first kappa shape index (κ1) is 14.2. The summed E-state index contributed by atoms with van der Waals surface area (Å²) in [6.45, 7) is 1.88. The zero-order valence-electron chi connectivity index (χ0n) is 11.9. The third kappa shape index (κ3) is 3.27. The Hall–Kier alpha value is -0.770. The van der Waals surface area contributed by atoms with Gasteiger partial charge in [0, 0.05) is 25.1 Å². The fourth-order valence-electron chi connectivity index (χ4n) is 2.89. The van der Waals surface area contributed by atoms with Gasteiger partial charge < -0.3 is 14.8 Å². The SMILES string of the molecule is COc1ccc(C2OCCCC2CNC2CC2)cc1Cl. The molecule has 110 valence electrons. The van der Waals surface area contributed by atoms with E-state index in [0.29, 0.717) is 10.9 Å². The van der Waals surface area contributed by atoms with E-state index in [2.05, 4.69) is 11.4 Å². The van der Waals surface area contributed by atoms with Gasteiger partial charge in [-0.25, -0.2) is 0 Å². The van der Waals surface area contributed by atoms with E-state index in [1.54, 1.807) is 7.11 Å². The Morgan fingerprint density at radius 2 is 2.20 bits per heavy atom. The molecule has 0 bridgehead atoms. The molecule has 2 atom stereocenters. The van der Waals surface area contributed by atoms with Crippen molar-refractivity contribution in [2.75, 3.05) is 20.3 Å². The molecule has 1 aromatic rings. The molecule has 0 amide bonds. The Labute approximate surface area is 125 Å². The zero-order valence-corrected chi connectivity index (χ0v) is 12.7. The minimum Gasteiger partial charge on any atom is -0.495 e. The van der Waals surface area contributed by atoms with Gasteiger partial charge in [-0.05, 0) is 43.4 Å². The Balaban J connectivity index is 1.72. The van der Waals surface area contributed by atoms with E-state index in [1.165, 1.54) is 19.3 Å². The standard InChI is InChI=1S/C16H22ClNO2/c1-19-15-7-4-11(9-14(15)17)16-12(3-2-8-20-16)10-18-13-5-6-13/h4,7,9,12-13,16,18H,2-3,5-6,8,10H2,1H3. The van der Waals surface area contributed by atoms with Crippen molar-refractivity contribution in [1.29, 1.82) is 0 Å². The predicted molar refractivity (Wildman–Crippen MR) is 80.4 cm³/mol. The van der Waals surface area contributed by atoms with Gasteiger partial charge in [-0.3, -0.25) is 0 Å². The summed E-state index contributed by atoms with van der Waals surface area (Å²) in [6.07, 6.45) is 5.17. The van der Waals surface area contributed by atoms with Crippen LogP contribution in [0.1, 0.15) is 37.4 Å². The molecule has 1 aliphatic heterocycles. The summed E-state index contributed by atoms with van der Waals surface area (Å²) in [7, 11) is 1.64. The maximum atomic E-state index is 6.24. The molecular weight excluding hydrogens is 274 g/mol. The second-order valence-corrected chi connectivity index (χ2v) is 6.18. The van der Waals surface area contributed by atoms with E-state index in [-0.39, 0.29) is 6.10 Å². The molecular formula is C16H22ClNO2. The Morgan fingerprint density at radius 1 is 1.35 bits per heavy atom. The van der Waals surface area contributed by atoms with Crippen molar-refractivity contribution in [2.45, 2.75) is 37.8 Å². The number of methoxy groups -OCH3 is 1. The van der Waals surface area contributed by atoms with Gasteiger partial charge in [0.1, 0.15) is 5.75 Å². The van der Waals surface area contributed by atoms with Crippen LogP contribution in [0.15, 0.2) is 18.2 Å². The van der Waals surface area contributed by atoms with Gasteiger partial charge in [0.25, 0.3) is 0 Å². The lowest BCUT2D eigenvalue weighted by molar-refractivity contribution is -0.0278. The Bertz CT molecular complexity index is 462. The van der Waals surface area contributed by atoms with Crippen LogP contribution in [-0.2, 0) is 4.74 Å². The lowest BCUT2D eigenvalue weighted by atomic mass is 9.89. The lowest BCUT2D eigenvalue weighted by Gasteiger charge is -2.32. The molecule has 1 saturated heterocycles. The Morgan fingerprint density at radius 3 is 2.90 bits per heavy atom. The van der Waals surface area contributed by atoms with E-state index in [4.69, 9.17) is 21.1 Å². The quantitative estimate of drug-likeness (QED) is 0.901. The van der Waals surface area contributed by atoms with Crippen molar-refractivity contribution in [3.8, 4) is 5.75 Å². The average Bonchev–Trinajstić information content (AvgIpc) is 3.29. The van der Waals surface area contributed by atoms with Crippen LogP contribution in [0.3, 0.4) is 0 Å². The number of halogens is 1. The van der Waals surface area contributed by atoms with E-state index < -0.39 is 0 Å². The van der Waals surface area contributed by atoms with Crippen LogP contribution in [0.5, 0.6) is 5.75 Å². The monoisotopic (exact) mass is 295 g/mol. The van der Waals surface area contributed by atoms with Crippen LogP contribution in [0.4, 0.5) is 0 Å². The number of nitrogens with one attached hydrogen (secondary N) is 1. The zero-order chi connectivity index (χ0) is 13.9. The van der Waals surface area contributed by atoms with Gasteiger partial charge in [-0.2, -0.15) is 0 Å². The highest BCUT2D eigenvalue weighted by atomic mass is 35.5. The maximum absolute atomic E-state index is 6.24. The molecule has 0 spiro atoms. The summed E-state index contributed by atoms with van der Waals surface area (Å²) in [5.74, 6) is 1.26. The summed E-state index contributed by atoms with van der Waals surface area (Å²) in [5, 5.41) is 4.29. The minimum atomic E-state index is 0.151. The van der Waals surface area contributed by atoms with Gasteiger partial charge in [0.05, 0.1) is 18.2 Å². The normalized spacial score (nSPS) is 26.5. The molecule has 1 saturated carbocycles. The largest absolute Gasteiger partial charge is 0.495 e. The Kier molecular flexibility index (Phi) is 4.49. The van der Waals surface area contributed by atoms with Crippen LogP contribution in [0.2, 0.25) is 5.02 Å². The third-order valence-electron chi connectivity index (χ3n) is 4.20. The van der Waals surface area contributed by atoms with Crippen LogP contribution in [0, 0.1) is 5.92 Å². The van der Waals surface area contributed by atoms with E-state index in [0.717, 1.165) is 36.9 Å². The fourth-order valence-corrected chi connectivity index (χ4v) is 3.15. The minimum absolute atomic E-state index is 0.151. The summed E-state index contributed by atoms with van der Waals surface area (Å²) < 4.78 is 11.2. The second-order valence-electron chi connectivity index (χ2n) is 5.77. The van der Waals surface area contributed by atoms with Crippen molar-refractivity contribution in [3.05, 3.63) is 28.8 Å². The number of ether oxygens (including phenoxy) is 2. The van der Waals surface area contributed by atoms with Gasteiger partial charge in [0.2, 0.25) is 0 Å². The van der Waals surface area contributed by atoms with Gasteiger partial charge in [-0.1, -0.05) is 17.7 Å². The van der Waals surface area contributed by atoms with Crippen LogP contribution in [-0.4, -0.2) is 26.3 Å². The topological polar surface area (TPSA) is 30.5 Å². The van der Waals surface area contributed by atoms with Gasteiger partial charge in [-0.15, -0.1) is 0 Å². The van der Waals surface area contributed by atoms with Crippen molar-refractivity contribution >= 4 is 11.6 Å². The first-order chi connectivity index (χ1) is 9.78. The molecule has 1 aromatic carbocycles. The van der Waals surface area contributed by atoms with Crippen LogP contribution in [0.25, 0.3) is 0 Å². The fraction of sp³-hybridized carbons (Fsp3) is 0.625. The van der Waals surface area contributed by atoms with Gasteiger partial charge >= 0.3 is 0 Å². The molecule has 1 N–H and O–H groups in total. The maximum Gasteiger partial charge on any atom is 0.137 e. The number of hydrogen-bond acceptors (Lipinski definition) is 3. The molecule has 2 unspecified atom stereocenters.